The highest BCUT2D eigenvalue weighted by atomic mass is 16.2. The predicted octanol–water partition coefficient (Wildman–Crippen LogP) is 4.13. The molecular formula is C25H30N2O2. The van der Waals surface area contributed by atoms with Crippen LogP contribution in [0.3, 0.4) is 0 Å². The minimum absolute atomic E-state index is 0.0571. The summed E-state index contributed by atoms with van der Waals surface area (Å²) in [6, 6.07) is 18.6. The van der Waals surface area contributed by atoms with Gasteiger partial charge in [0.2, 0.25) is 11.8 Å². The van der Waals surface area contributed by atoms with Crippen LogP contribution in [0, 0.1) is 11.8 Å². The van der Waals surface area contributed by atoms with Gasteiger partial charge < -0.3 is 10.2 Å². The zero-order valence-electron chi connectivity index (χ0n) is 17.0. The van der Waals surface area contributed by atoms with Gasteiger partial charge in [0.1, 0.15) is 0 Å². The number of carbonyl (C=O) groups excluding carboxylic acids is 2. The second kappa shape index (κ2) is 9.25. The molecule has 1 saturated carbocycles. The molecule has 1 aliphatic heterocycles. The minimum Gasteiger partial charge on any atom is -0.356 e. The Labute approximate surface area is 173 Å². The van der Waals surface area contributed by atoms with Gasteiger partial charge in [-0.05, 0) is 62.1 Å². The maximum atomic E-state index is 13.0. The van der Waals surface area contributed by atoms with E-state index in [1.165, 1.54) is 11.1 Å². The Morgan fingerprint density at radius 2 is 1.59 bits per heavy atom. The number of carbonyl (C=O) groups is 2. The van der Waals surface area contributed by atoms with Crippen molar-refractivity contribution in [3.63, 3.8) is 0 Å². The molecule has 0 radical (unpaired) electrons. The van der Waals surface area contributed by atoms with Crippen LogP contribution in [0.25, 0.3) is 0 Å². The fourth-order valence-corrected chi connectivity index (χ4v) is 4.68. The van der Waals surface area contributed by atoms with Crippen molar-refractivity contribution >= 4 is 17.5 Å². The van der Waals surface area contributed by atoms with Crippen LogP contribution in [0.15, 0.2) is 54.6 Å². The zero-order valence-corrected chi connectivity index (χ0v) is 17.0. The van der Waals surface area contributed by atoms with Crippen molar-refractivity contribution in [3.8, 4) is 0 Å². The Hall–Kier alpha value is -2.62. The predicted molar refractivity (Wildman–Crippen MR) is 116 cm³/mol. The fraction of sp³-hybridized carbons (Fsp3) is 0.440. The molecule has 29 heavy (non-hydrogen) atoms. The molecule has 1 heterocycles. The van der Waals surface area contributed by atoms with Gasteiger partial charge in [-0.2, -0.15) is 0 Å². The zero-order chi connectivity index (χ0) is 20.1. The Bertz CT molecular complexity index is 841. The number of rotatable bonds is 6. The molecule has 4 nitrogen and oxygen atoms in total. The number of para-hydroxylation sites is 1. The van der Waals surface area contributed by atoms with E-state index in [9.17, 15) is 9.59 Å². The molecule has 0 spiro atoms. The molecule has 1 fully saturated rings. The number of nitrogens with one attached hydrogen (secondary N) is 1. The van der Waals surface area contributed by atoms with Crippen LogP contribution in [0.4, 0.5) is 5.69 Å². The van der Waals surface area contributed by atoms with E-state index in [1.807, 2.05) is 35.2 Å². The van der Waals surface area contributed by atoms with Crippen LogP contribution in [0.1, 0.15) is 43.2 Å². The number of amides is 2. The summed E-state index contributed by atoms with van der Waals surface area (Å²) in [6.45, 7) is 1.51. The van der Waals surface area contributed by atoms with Gasteiger partial charge in [-0.15, -0.1) is 0 Å². The van der Waals surface area contributed by atoms with Crippen LogP contribution in [-0.2, 0) is 22.4 Å². The average molecular weight is 391 g/mol. The number of aryl methyl sites for hydroxylation is 1. The average Bonchev–Trinajstić information content (AvgIpc) is 3.21. The highest BCUT2D eigenvalue weighted by Gasteiger charge is 2.34. The quantitative estimate of drug-likeness (QED) is 0.754. The van der Waals surface area contributed by atoms with E-state index < -0.39 is 0 Å². The third kappa shape index (κ3) is 4.69. The highest BCUT2D eigenvalue weighted by Crippen LogP contribution is 2.34. The summed E-state index contributed by atoms with van der Waals surface area (Å²) in [6.07, 6.45) is 6.16. The van der Waals surface area contributed by atoms with Crippen LogP contribution >= 0.6 is 0 Å². The number of anilines is 1. The summed E-state index contributed by atoms with van der Waals surface area (Å²) < 4.78 is 0. The summed E-state index contributed by atoms with van der Waals surface area (Å²) >= 11 is 0. The molecule has 4 heteroatoms. The van der Waals surface area contributed by atoms with Crippen molar-refractivity contribution in [2.75, 3.05) is 18.0 Å². The normalized spacial score (nSPS) is 20.9. The summed E-state index contributed by atoms with van der Waals surface area (Å²) in [7, 11) is 0. The van der Waals surface area contributed by atoms with Crippen molar-refractivity contribution in [2.24, 2.45) is 11.8 Å². The first-order chi connectivity index (χ1) is 14.2. The number of hydrogen-bond donors (Lipinski definition) is 1. The molecule has 2 amide bonds. The maximum Gasteiger partial charge on any atom is 0.230 e. The summed E-state index contributed by atoms with van der Waals surface area (Å²) in [5.74, 6) is 0.525. The molecule has 0 saturated heterocycles. The van der Waals surface area contributed by atoms with Crippen LogP contribution in [0.5, 0.6) is 0 Å². The number of fused-ring (bicyclic) bond motifs is 1. The minimum atomic E-state index is 0.0571. The van der Waals surface area contributed by atoms with Gasteiger partial charge in [-0.25, -0.2) is 0 Å². The fourth-order valence-electron chi connectivity index (χ4n) is 4.68. The molecule has 2 aromatic carbocycles. The lowest BCUT2D eigenvalue weighted by molar-refractivity contribution is -0.129. The van der Waals surface area contributed by atoms with Gasteiger partial charge >= 0.3 is 0 Å². The molecule has 1 N–H and O–H groups in total. The van der Waals surface area contributed by atoms with E-state index >= 15 is 0 Å². The second-order valence-electron chi connectivity index (χ2n) is 8.30. The van der Waals surface area contributed by atoms with Crippen molar-refractivity contribution in [3.05, 3.63) is 65.7 Å². The largest absolute Gasteiger partial charge is 0.356 e. The first kappa shape index (κ1) is 19.7. The van der Waals surface area contributed by atoms with Gasteiger partial charge in [-0.3, -0.25) is 9.59 Å². The van der Waals surface area contributed by atoms with E-state index in [2.05, 4.69) is 29.6 Å². The van der Waals surface area contributed by atoms with Gasteiger partial charge in [0.05, 0.1) is 0 Å². The van der Waals surface area contributed by atoms with Gasteiger partial charge in [0.15, 0.2) is 0 Å². The molecule has 1 aliphatic carbocycles. The SMILES string of the molecule is O=C(NCCCc1ccccc1)C1CCC(C(=O)N2CCc3ccccc32)CC1. The standard InChI is InChI=1S/C25H30N2O2/c28-24(26-17-6-9-19-7-2-1-3-8-19)21-12-14-22(15-13-21)25(29)27-18-16-20-10-4-5-11-23(20)27/h1-5,7-8,10-11,21-22H,6,9,12-18H2,(H,26,28). The van der Waals surface area contributed by atoms with Crippen LogP contribution < -0.4 is 10.2 Å². The first-order valence-corrected chi connectivity index (χ1v) is 10.9. The molecule has 4 rings (SSSR count). The van der Waals surface area contributed by atoms with E-state index in [-0.39, 0.29) is 23.7 Å². The molecule has 0 unspecified atom stereocenters. The van der Waals surface area contributed by atoms with E-state index in [1.54, 1.807) is 0 Å². The van der Waals surface area contributed by atoms with Crippen LogP contribution in [0.2, 0.25) is 0 Å². The second-order valence-corrected chi connectivity index (χ2v) is 8.30. The Balaban J connectivity index is 1.20. The number of benzene rings is 2. The number of hydrogen-bond acceptors (Lipinski definition) is 2. The monoisotopic (exact) mass is 390 g/mol. The summed E-state index contributed by atoms with van der Waals surface area (Å²) in [4.78, 5) is 27.5. The smallest absolute Gasteiger partial charge is 0.230 e. The van der Waals surface area contributed by atoms with E-state index in [0.29, 0.717) is 0 Å². The lowest BCUT2D eigenvalue weighted by atomic mass is 9.81. The van der Waals surface area contributed by atoms with Crippen molar-refractivity contribution in [2.45, 2.75) is 44.9 Å². The molecule has 0 aromatic heterocycles. The van der Waals surface area contributed by atoms with Gasteiger partial charge in [0, 0.05) is 30.6 Å². The van der Waals surface area contributed by atoms with E-state index in [4.69, 9.17) is 0 Å². The lowest BCUT2D eigenvalue weighted by Crippen LogP contribution is -2.39. The lowest BCUT2D eigenvalue weighted by Gasteiger charge is -2.30. The van der Waals surface area contributed by atoms with E-state index in [0.717, 1.165) is 63.7 Å². The maximum absolute atomic E-state index is 13.0. The third-order valence-corrected chi connectivity index (χ3v) is 6.38. The highest BCUT2D eigenvalue weighted by molar-refractivity contribution is 5.97. The molecule has 0 bridgehead atoms. The Morgan fingerprint density at radius 1 is 0.897 bits per heavy atom. The Kier molecular flexibility index (Phi) is 6.28. The molecular weight excluding hydrogens is 360 g/mol. The molecule has 152 valence electrons. The van der Waals surface area contributed by atoms with Crippen molar-refractivity contribution < 1.29 is 9.59 Å². The topological polar surface area (TPSA) is 49.4 Å². The molecule has 0 atom stereocenters. The van der Waals surface area contributed by atoms with Gasteiger partial charge in [0.25, 0.3) is 0 Å². The van der Waals surface area contributed by atoms with Crippen molar-refractivity contribution in [1.82, 2.24) is 5.32 Å². The first-order valence-electron chi connectivity index (χ1n) is 10.9. The summed E-state index contributed by atoms with van der Waals surface area (Å²) in [5.41, 5.74) is 3.66. The number of nitrogens with zero attached hydrogens (tertiary/aromatic N) is 1. The third-order valence-electron chi connectivity index (χ3n) is 6.38. The summed E-state index contributed by atoms with van der Waals surface area (Å²) in [5, 5.41) is 3.10. The molecule has 2 aliphatic rings. The van der Waals surface area contributed by atoms with Crippen LogP contribution in [-0.4, -0.2) is 24.9 Å². The molecule has 2 aromatic rings. The van der Waals surface area contributed by atoms with Crippen molar-refractivity contribution in [1.29, 1.82) is 0 Å². The Morgan fingerprint density at radius 3 is 2.38 bits per heavy atom. The van der Waals surface area contributed by atoms with Gasteiger partial charge in [-0.1, -0.05) is 48.5 Å².